The number of aliphatic hydroxyl groups excluding tert-OH is 1. The van der Waals surface area contributed by atoms with E-state index in [0.717, 1.165) is 23.7 Å². The Kier molecular flexibility index (Phi) is 12.8. The number of pyridine rings is 1. The normalized spacial score (nSPS) is 12.2. The van der Waals surface area contributed by atoms with Gasteiger partial charge in [-0.05, 0) is 67.9 Å². The van der Waals surface area contributed by atoms with Crippen molar-refractivity contribution >= 4 is 42.1 Å². The summed E-state index contributed by atoms with van der Waals surface area (Å²) in [7, 11) is 0.483. The smallest absolute Gasteiger partial charge is 0.198 e. The molecule has 280 valence electrons. The SMILES string of the molecule is CC(C)Oc1ccc(-c2cn(COCC[Si](C)(C)C)c3nccc(Oc4c(F)cc(NC(=S)NCC(CO)Cc5cnn(C)c5)cc4F)c23)cc1C#N. The minimum absolute atomic E-state index is 0.0765. The van der Waals surface area contributed by atoms with Crippen molar-refractivity contribution in [1.82, 2.24) is 24.6 Å². The Morgan fingerprint density at radius 1 is 1.09 bits per heavy atom. The topological polar surface area (TPSA) is 131 Å². The Morgan fingerprint density at radius 2 is 1.85 bits per heavy atom. The van der Waals surface area contributed by atoms with Crippen LogP contribution in [0.3, 0.4) is 0 Å². The van der Waals surface area contributed by atoms with Crippen molar-refractivity contribution < 1.29 is 28.1 Å². The molecule has 3 N–H and O–H groups in total. The molecule has 0 saturated carbocycles. The number of nitrogens with zero attached hydrogens (tertiary/aromatic N) is 5. The molecule has 11 nitrogen and oxygen atoms in total. The third-order valence-electron chi connectivity index (χ3n) is 8.28. The Labute approximate surface area is 314 Å². The van der Waals surface area contributed by atoms with Gasteiger partial charge in [-0.1, -0.05) is 25.7 Å². The summed E-state index contributed by atoms with van der Waals surface area (Å²) in [5, 5.41) is 30.4. The number of benzene rings is 2. The molecular formula is C38H45F2N7O4SSi. The summed E-state index contributed by atoms with van der Waals surface area (Å²) in [6.45, 7) is 11.6. The van der Waals surface area contributed by atoms with Gasteiger partial charge in [0.1, 0.15) is 29.9 Å². The van der Waals surface area contributed by atoms with E-state index in [1.807, 2.05) is 43.9 Å². The standard InChI is InChI=1S/C38H45F2N7O4SSi/c1-24(2)50-33-8-7-27(14-28(33)17-41)30-21-47(23-49-11-12-53(4,5)6)37-35(30)34(9-10-42-37)51-36-31(39)15-29(16-32(36)40)45-38(52)43-18-26(22-48)13-25-19-44-46(3)20-25/h7-10,14-16,19-21,24,26,48H,11-13,18,22-23H2,1-6H3,(H2,43,45,52). The highest BCUT2D eigenvalue weighted by molar-refractivity contribution is 7.80. The van der Waals surface area contributed by atoms with E-state index in [4.69, 9.17) is 26.4 Å². The number of anilines is 1. The third kappa shape index (κ3) is 10.4. The quantitative estimate of drug-likeness (QED) is 0.0525. The van der Waals surface area contributed by atoms with Crippen LogP contribution in [-0.4, -0.2) is 63.5 Å². The minimum atomic E-state index is -1.33. The van der Waals surface area contributed by atoms with Crippen molar-refractivity contribution in [2.24, 2.45) is 13.0 Å². The fourth-order valence-electron chi connectivity index (χ4n) is 5.64. The average molecular weight is 762 g/mol. The lowest BCUT2D eigenvalue weighted by molar-refractivity contribution is 0.0899. The first-order valence-electron chi connectivity index (χ1n) is 17.3. The molecule has 5 rings (SSSR count). The first kappa shape index (κ1) is 39.3. The van der Waals surface area contributed by atoms with Gasteiger partial charge in [0.15, 0.2) is 22.5 Å². The van der Waals surface area contributed by atoms with Crippen LogP contribution in [0.15, 0.2) is 61.2 Å². The van der Waals surface area contributed by atoms with Crippen LogP contribution in [0.25, 0.3) is 22.2 Å². The van der Waals surface area contributed by atoms with E-state index in [0.29, 0.717) is 53.0 Å². The molecule has 0 aliphatic carbocycles. The number of aliphatic hydroxyl groups is 1. The number of thiocarbonyl (C=S) groups is 1. The molecule has 0 bridgehead atoms. The molecule has 0 aliphatic rings. The molecule has 1 unspecified atom stereocenters. The molecule has 0 amide bonds. The molecule has 3 aromatic heterocycles. The van der Waals surface area contributed by atoms with Gasteiger partial charge >= 0.3 is 0 Å². The maximum Gasteiger partial charge on any atom is 0.198 e. The number of rotatable bonds is 16. The number of nitrogens with one attached hydrogen (secondary N) is 2. The van der Waals surface area contributed by atoms with Crippen molar-refractivity contribution in [2.45, 2.75) is 58.8 Å². The van der Waals surface area contributed by atoms with Crippen LogP contribution >= 0.6 is 12.2 Å². The first-order chi connectivity index (χ1) is 25.2. The number of hydrogen-bond donors (Lipinski definition) is 3. The predicted octanol–water partition coefficient (Wildman–Crippen LogP) is 7.62. The van der Waals surface area contributed by atoms with E-state index in [1.165, 1.54) is 12.3 Å². The second-order valence-electron chi connectivity index (χ2n) is 14.3. The molecule has 15 heteroatoms. The van der Waals surface area contributed by atoms with Crippen LogP contribution in [-0.2, 0) is 24.9 Å². The first-order valence-corrected chi connectivity index (χ1v) is 21.4. The van der Waals surface area contributed by atoms with Crippen molar-refractivity contribution in [3.63, 3.8) is 0 Å². The van der Waals surface area contributed by atoms with Crippen LogP contribution in [0.2, 0.25) is 25.7 Å². The summed E-state index contributed by atoms with van der Waals surface area (Å²) >= 11 is 5.37. The number of aromatic nitrogens is 4. The lowest BCUT2D eigenvalue weighted by Crippen LogP contribution is -2.34. The second kappa shape index (κ2) is 17.3. The highest BCUT2D eigenvalue weighted by Crippen LogP contribution is 2.41. The Balaban J connectivity index is 1.40. The van der Waals surface area contributed by atoms with Crippen LogP contribution < -0.4 is 20.1 Å². The van der Waals surface area contributed by atoms with E-state index in [9.17, 15) is 10.4 Å². The van der Waals surface area contributed by atoms with Gasteiger partial charge in [-0.3, -0.25) is 4.68 Å². The van der Waals surface area contributed by atoms with E-state index in [-0.39, 0.29) is 41.9 Å². The predicted molar refractivity (Wildman–Crippen MR) is 208 cm³/mol. The molecule has 0 saturated heterocycles. The molecule has 3 heterocycles. The van der Waals surface area contributed by atoms with Crippen LogP contribution in [0.4, 0.5) is 14.5 Å². The molecule has 0 aliphatic heterocycles. The van der Waals surface area contributed by atoms with E-state index >= 15 is 8.78 Å². The highest BCUT2D eigenvalue weighted by Gasteiger charge is 2.22. The van der Waals surface area contributed by atoms with E-state index in [1.54, 1.807) is 23.0 Å². The minimum Gasteiger partial charge on any atom is -0.490 e. The van der Waals surface area contributed by atoms with Crippen LogP contribution in [0.5, 0.6) is 17.2 Å². The average Bonchev–Trinajstić information content (AvgIpc) is 3.69. The van der Waals surface area contributed by atoms with Gasteiger partial charge in [-0.2, -0.15) is 10.4 Å². The zero-order chi connectivity index (χ0) is 38.3. The maximum absolute atomic E-state index is 15.6. The molecule has 0 fully saturated rings. The third-order valence-corrected chi connectivity index (χ3v) is 10.2. The molecular weight excluding hydrogens is 717 g/mol. The van der Waals surface area contributed by atoms with Gasteiger partial charge < -0.3 is 34.5 Å². The lowest BCUT2D eigenvalue weighted by atomic mass is 10.0. The van der Waals surface area contributed by atoms with Crippen LogP contribution in [0, 0.1) is 28.9 Å². The number of fused-ring (bicyclic) bond motifs is 1. The van der Waals surface area contributed by atoms with E-state index < -0.39 is 25.5 Å². The number of aryl methyl sites for hydroxylation is 1. The number of ether oxygens (including phenoxy) is 3. The molecule has 0 spiro atoms. The summed E-state index contributed by atoms with van der Waals surface area (Å²) in [6.07, 6.45) is 7.39. The van der Waals surface area contributed by atoms with E-state index in [2.05, 4.69) is 46.4 Å². The zero-order valence-electron chi connectivity index (χ0n) is 30.7. The van der Waals surface area contributed by atoms with Crippen molar-refractivity contribution in [3.05, 3.63) is 83.9 Å². The van der Waals surface area contributed by atoms with Crippen LogP contribution in [0.1, 0.15) is 25.0 Å². The van der Waals surface area contributed by atoms with Crippen molar-refractivity contribution in [2.75, 3.05) is 25.1 Å². The molecule has 2 aromatic carbocycles. The summed E-state index contributed by atoms with van der Waals surface area (Å²) in [5.74, 6) is -2.07. The number of nitriles is 1. The Hall–Kier alpha value is -4.88. The zero-order valence-corrected chi connectivity index (χ0v) is 32.6. The molecule has 1 atom stereocenters. The monoisotopic (exact) mass is 761 g/mol. The Bertz CT molecular complexity index is 2090. The second-order valence-corrected chi connectivity index (χ2v) is 20.4. The van der Waals surface area contributed by atoms with Gasteiger partial charge in [0.2, 0.25) is 0 Å². The molecule has 0 radical (unpaired) electrons. The number of halogens is 2. The fourth-order valence-corrected chi connectivity index (χ4v) is 6.59. The molecule has 53 heavy (non-hydrogen) atoms. The fraction of sp³-hybridized carbons (Fsp3) is 0.368. The van der Waals surface area contributed by atoms with Crippen molar-refractivity contribution in [3.8, 4) is 34.4 Å². The van der Waals surface area contributed by atoms with Gasteiger partial charge in [0.25, 0.3) is 0 Å². The van der Waals surface area contributed by atoms with Gasteiger partial charge in [0.05, 0.1) is 23.3 Å². The Morgan fingerprint density at radius 3 is 2.49 bits per heavy atom. The summed E-state index contributed by atoms with van der Waals surface area (Å²) in [4.78, 5) is 4.59. The highest BCUT2D eigenvalue weighted by atomic mass is 32.1. The maximum atomic E-state index is 15.6. The van der Waals surface area contributed by atoms with Crippen molar-refractivity contribution in [1.29, 1.82) is 5.26 Å². The van der Waals surface area contributed by atoms with Gasteiger partial charge in [-0.15, -0.1) is 0 Å². The lowest BCUT2D eigenvalue weighted by Gasteiger charge is -2.17. The van der Waals surface area contributed by atoms with Gasteiger partial charge in [-0.25, -0.2) is 13.8 Å². The summed E-state index contributed by atoms with van der Waals surface area (Å²) in [5.41, 5.74) is 3.15. The summed E-state index contributed by atoms with van der Waals surface area (Å²) in [6, 6.07) is 12.2. The molecule has 5 aromatic rings. The van der Waals surface area contributed by atoms with Gasteiger partial charge in [0, 0.05) is 82.8 Å². The largest absolute Gasteiger partial charge is 0.490 e. The summed E-state index contributed by atoms with van der Waals surface area (Å²) < 4.78 is 52.7. The number of hydrogen-bond acceptors (Lipinski definition) is 8.